The third kappa shape index (κ3) is 4.27. The zero-order valence-corrected chi connectivity index (χ0v) is 13.2. The zero-order valence-electron chi connectivity index (χ0n) is 12.4. The highest BCUT2D eigenvalue weighted by Crippen LogP contribution is 2.21. The molecule has 1 N–H and O–H groups in total. The maximum atomic E-state index is 14.1. The lowest BCUT2D eigenvalue weighted by Gasteiger charge is -2.24. The van der Waals surface area contributed by atoms with E-state index in [0.717, 1.165) is 6.07 Å². The van der Waals surface area contributed by atoms with E-state index < -0.39 is 15.8 Å². The van der Waals surface area contributed by atoms with E-state index in [2.05, 4.69) is 11.8 Å². The second-order valence-electron chi connectivity index (χ2n) is 4.72. The number of hydrogen-bond donors (Lipinski definition) is 1. The highest BCUT2D eigenvalue weighted by molar-refractivity contribution is 7.89. The van der Waals surface area contributed by atoms with E-state index >= 15 is 0 Å². The van der Waals surface area contributed by atoms with Crippen molar-refractivity contribution >= 4 is 10.0 Å². The minimum atomic E-state index is -3.85. The molecule has 0 radical (unpaired) electrons. The molecular formula is C15H20FNO3S. The molecule has 1 aromatic rings. The molecule has 0 fully saturated rings. The van der Waals surface area contributed by atoms with Gasteiger partial charge in [-0.2, -0.15) is 4.31 Å². The van der Waals surface area contributed by atoms with Crippen molar-refractivity contribution < 1.29 is 17.9 Å². The third-order valence-corrected chi connectivity index (χ3v) is 5.06. The van der Waals surface area contributed by atoms with Gasteiger partial charge in [0.2, 0.25) is 10.0 Å². The van der Waals surface area contributed by atoms with Crippen LogP contribution in [-0.2, 0) is 10.0 Å². The molecule has 0 saturated heterocycles. The van der Waals surface area contributed by atoms with Crippen LogP contribution in [0.4, 0.5) is 4.39 Å². The molecule has 21 heavy (non-hydrogen) atoms. The van der Waals surface area contributed by atoms with E-state index in [-0.39, 0.29) is 24.1 Å². The van der Waals surface area contributed by atoms with Crippen molar-refractivity contribution in [3.63, 3.8) is 0 Å². The van der Waals surface area contributed by atoms with Crippen molar-refractivity contribution in [2.45, 2.75) is 38.1 Å². The fourth-order valence-corrected chi connectivity index (χ4v) is 3.64. The molecule has 4 nitrogen and oxygen atoms in total. The molecule has 0 saturated carbocycles. The van der Waals surface area contributed by atoms with Crippen LogP contribution in [0.1, 0.15) is 32.8 Å². The molecule has 0 heterocycles. The van der Waals surface area contributed by atoms with Gasteiger partial charge >= 0.3 is 0 Å². The van der Waals surface area contributed by atoms with E-state index in [4.69, 9.17) is 5.11 Å². The Kier molecular flexibility index (Phi) is 6.34. The van der Waals surface area contributed by atoms with Crippen LogP contribution in [0.15, 0.2) is 23.1 Å². The van der Waals surface area contributed by atoms with Gasteiger partial charge in [-0.15, -0.1) is 0 Å². The van der Waals surface area contributed by atoms with Gasteiger partial charge in [0.1, 0.15) is 10.7 Å². The van der Waals surface area contributed by atoms with Gasteiger partial charge in [-0.3, -0.25) is 0 Å². The Balaban J connectivity index is 3.19. The smallest absolute Gasteiger partial charge is 0.246 e. The molecule has 0 aliphatic rings. The largest absolute Gasteiger partial charge is 0.395 e. The van der Waals surface area contributed by atoms with Crippen LogP contribution >= 0.6 is 0 Å². The minimum absolute atomic E-state index is 0.0677. The van der Waals surface area contributed by atoms with Gasteiger partial charge in [-0.05, 0) is 32.0 Å². The van der Waals surface area contributed by atoms with E-state index in [9.17, 15) is 12.8 Å². The molecule has 0 spiro atoms. The Morgan fingerprint density at radius 3 is 2.52 bits per heavy atom. The molecular weight excluding hydrogens is 293 g/mol. The summed E-state index contributed by atoms with van der Waals surface area (Å²) in [6.07, 6.45) is 0.290. The molecule has 1 aromatic carbocycles. The van der Waals surface area contributed by atoms with Crippen LogP contribution in [0.5, 0.6) is 0 Å². The van der Waals surface area contributed by atoms with Crippen LogP contribution in [0, 0.1) is 17.7 Å². The van der Waals surface area contributed by atoms with E-state index in [1.165, 1.54) is 16.4 Å². The summed E-state index contributed by atoms with van der Waals surface area (Å²) in [4.78, 5) is -0.342. The molecule has 0 unspecified atom stereocenters. The van der Waals surface area contributed by atoms with Crippen LogP contribution < -0.4 is 0 Å². The fraction of sp³-hybridized carbons (Fsp3) is 0.467. The standard InChI is InChI=1S/C15H20FNO3S/c1-4-17(12(2)3)21(19,20)15-9-8-13(11-14(15)16)7-5-6-10-18/h8-9,11-12,18H,4,6,10H2,1-3H3. The van der Waals surface area contributed by atoms with Crippen molar-refractivity contribution in [2.75, 3.05) is 13.2 Å². The quantitative estimate of drug-likeness (QED) is 0.846. The fourth-order valence-electron chi connectivity index (χ4n) is 1.95. The van der Waals surface area contributed by atoms with Gasteiger partial charge in [0.15, 0.2) is 0 Å². The van der Waals surface area contributed by atoms with Crippen LogP contribution in [0.25, 0.3) is 0 Å². The lowest BCUT2D eigenvalue weighted by molar-refractivity contribution is 0.305. The maximum Gasteiger partial charge on any atom is 0.246 e. The van der Waals surface area contributed by atoms with E-state index in [1.54, 1.807) is 20.8 Å². The normalized spacial score (nSPS) is 11.6. The topological polar surface area (TPSA) is 57.6 Å². The Morgan fingerprint density at radius 2 is 2.05 bits per heavy atom. The summed E-state index contributed by atoms with van der Waals surface area (Å²) in [6.45, 7) is 5.41. The number of aliphatic hydroxyl groups excluding tert-OH is 1. The molecule has 0 atom stereocenters. The molecule has 1 rings (SSSR count). The number of halogens is 1. The molecule has 0 aliphatic heterocycles. The average molecular weight is 313 g/mol. The highest BCUT2D eigenvalue weighted by Gasteiger charge is 2.28. The van der Waals surface area contributed by atoms with Crippen molar-refractivity contribution in [3.05, 3.63) is 29.6 Å². The Hall–Kier alpha value is -1.42. The maximum absolute atomic E-state index is 14.1. The van der Waals surface area contributed by atoms with Gasteiger partial charge in [-0.1, -0.05) is 18.8 Å². The zero-order chi connectivity index (χ0) is 16.0. The number of rotatable bonds is 5. The number of nitrogens with zero attached hydrogens (tertiary/aromatic N) is 1. The second-order valence-corrected chi connectivity index (χ2v) is 6.58. The summed E-state index contributed by atoms with van der Waals surface area (Å²) in [5.41, 5.74) is 0.382. The number of aliphatic hydroxyl groups is 1. The van der Waals surface area contributed by atoms with Gasteiger partial charge in [0.25, 0.3) is 0 Å². The third-order valence-electron chi connectivity index (χ3n) is 2.88. The van der Waals surface area contributed by atoms with Gasteiger partial charge in [-0.25, -0.2) is 12.8 Å². The first-order chi connectivity index (χ1) is 9.84. The van der Waals surface area contributed by atoms with Crippen LogP contribution in [0.3, 0.4) is 0 Å². The van der Waals surface area contributed by atoms with Gasteiger partial charge in [0.05, 0.1) is 6.61 Å². The van der Waals surface area contributed by atoms with Crippen molar-refractivity contribution in [2.24, 2.45) is 0 Å². The number of benzene rings is 1. The predicted molar refractivity (Wildman–Crippen MR) is 79.7 cm³/mol. The van der Waals surface area contributed by atoms with E-state index in [1.807, 2.05) is 0 Å². The summed E-state index contributed by atoms with van der Waals surface area (Å²) in [5, 5.41) is 8.63. The average Bonchev–Trinajstić information content (AvgIpc) is 2.38. The van der Waals surface area contributed by atoms with Gasteiger partial charge in [0, 0.05) is 24.6 Å². The minimum Gasteiger partial charge on any atom is -0.395 e. The van der Waals surface area contributed by atoms with Crippen molar-refractivity contribution in [1.82, 2.24) is 4.31 Å². The van der Waals surface area contributed by atoms with Crippen molar-refractivity contribution in [3.8, 4) is 11.8 Å². The first kappa shape index (κ1) is 17.6. The van der Waals surface area contributed by atoms with Crippen LogP contribution in [-0.4, -0.2) is 37.0 Å². The number of hydrogen-bond acceptors (Lipinski definition) is 3. The van der Waals surface area contributed by atoms with Gasteiger partial charge < -0.3 is 5.11 Å². The Labute approximate surface area is 125 Å². The SMILES string of the molecule is CCN(C(C)C)S(=O)(=O)c1ccc(C#CCCO)cc1F. The lowest BCUT2D eigenvalue weighted by Crippen LogP contribution is -2.37. The monoisotopic (exact) mass is 313 g/mol. The molecule has 0 aliphatic carbocycles. The highest BCUT2D eigenvalue weighted by atomic mass is 32.2. The lowest BCUT2D eigenvalue weighted by atomic mass is 10.2. The summed E-state index contributed by atoms with van der Waals surface area (Å²) < 4.78 is 40.2. The molecule has 0 bridgehead atoms. The molecule has 116 valence electrons. The summed E-state index contributed by atoms with van der Waals surface area (Å²) in [6, 6.07) is 3.56. The molecule has 6 heteroatoms. The summed E-state index contributed by atoms with van der Waals surface area (Å²) in [7, 11) is -3.85. The predicted octanol–water partition coefficient (Wildman–Crippen LogP) is 1.98. The number of sulfonamides is 1. The van der Waals surface area contributed by atoms with E-state index in [0.29, 0.717) is 12.0 Å². The first-order valence-electron chi connectivity index (χ1n) is 6.75. The Bertz CT molecular complexity index is 645. The Morgan fingerprint density at radius 1 is 1.38 bits per heavy atom. The summed E-state index contributed by atoms with van der Waals surface area (Å²) >= 11 is 0. The second kappa shape index (κ2) is 7.55. The van der Waals surface area contributed by atoms with Crippen LogP contribution in [0.2, 0.25) is 0 Å². The van der Waals surface area contributed by atoms with Crippen molar-refractivity contribution in [1.29, 1.82) is 0 Å². The molecule has 0 aromatic heterocycles. The first-order valence-corrected chi connectivity index (χ1v) is 8.19. The molecule has 0 amide bonds. The summed E-state index contributed by atoms with van der Waals surface area (Å²) in [5.74, 6) is 4.52.